The molecule has 0 fully saturated rings. The number of rotatable bonds is 5. The van der Waals surface area contributed by atoms with Crippen molar-refractivity contribution in [2.45, 2.75) is 6.92 Å². The number of pyridine rings is 1. The quantitative estimate of drug-likeness (QED) is 0.684. The molecule has 3 rings (SSSR count). The zero-order valence-corrected chi connectivity index (χ0v) is 15.1. The van der Waals surface area contributed by atoms with Gasteiger partial charge in [-0.1, -0.05) is 6.07 Å². The molecule has 134 valence electrons. The molecule has 2 heterocycles. The molecule has 0 atom stereocenters. The molecule has 0 bridgehead atoms. The summed E-state index contributed by atoms with van der Waals surface area (Å²) < 4.78 is 5.08. The molecule has 0 radical (unpaired) electrons. The second kappa shape index (κ2) is 8.21. The van der Waals surface area contributed by atoms with Crippen LogP contribution in [0.4, 0.5) is 5.69 Å². The van der Waals surface area contributed by atoms with E-state index in [4.69, 9.17) is 10.00 Å². The molecule has 0 spiro atoms. The van der Waals surface area contributed by atoms with Crippen LogP contribution in [0.3, 0.4) is 0 Å². The van der Waals surface area contributed by atoms with Crippen LogP contribution in [-0.2, 0) is 9.53 Å². The van der Waals surface area contributed by atoms with Gasteiger partial charge in [-0.3, -0.25) is 9.78 Å². The van der Waals surface area contributed by atoms with Crippen molar-refractivity contribution < 1.29 is 14.3 Å². The van der Waals surface area contributed by atoms with E-state index in [1.54, 1.807) is 49.5 Å². The van der Waals surface area contributed by atoms with Crippen LogP contribution in [0.5, 0.6) is 0 Å². The maximum Gasteiger partial charge on any atom is 0.350 e. The minimum absolute atomic E-state index is 0.335. The summed E-state index contributed by atoms with van der Waals surface area (Å²) in [6, 6.07) is 13.8. The summed E-state index contributed by atoms with van der Waals surface area (Å²) in [5.74, 6) is -1.08. The molecule has 1 N–H and O–H groups in total. The van der Waals surface area contributed by atoms with Gasteiger partial charge < -0.3 is 10.1 Å². The van der Waals surface area contributed by atoms with Crippen molar-refractivity contribution >= 4 is 28.9 Å². The molecule has 2 aromatic heterocycles. The first-order valence-electron chi connectivity index (χ1n) is 7.93. The second-order valence-electron chi connectivity index (χ2n) is 5.46. The van der Waals surface area contributed by atoms with Gasteiger partial charge in [0.15, 0.2) is 6.61 Å². The molecule has 3 aromatic rings. The zero-order valence-electron chi connectivity index (χ0n) is 14.3. The van der Waals surface area contributed by atoms with E-state index in [2.05, 4.69) is 15.3 Å². The molecule has 0 unspecified atom stereocenters. The Morgan fingerprint density at radius 3 is 2.67 bits per heavy atom. The van der Waals surface area contributed by atoms with Gasteiger partial charge in [0.25, 0.3) is 5.91 Å². The number of carbonyl (C=O) groups excluding carboxylic acids is 2. The maximum atomic E-state index is 12.3. The summed E-state index contributed by atoms with van der Waals surface area (Å²) in [6.07, 6.45) is 1.65. The van der Waals surface area contributed by atoms with Crippen molar-refractivity contribution in [1.82, 2.24) is 9.97 Å². The number of carbonyl (C=O) groups is 2. The fraction of sp³-hybridized carbons (Fsp3) is 0.105. The van der Waals surface area contributed by atoms with Gasteiger partial charge in [-0.2, -0.15) is 5.26 Å². The highest BCUT2D eigenvalue weighted by atomic mass is 32.1. The number of anilines is 1. The molecule has 1 aromatic carbocycles. The Morgan fingerprint density at radius 2 is 2.00 bits per heavy atom. The number of hydrogen-bond donors (Lipinski definition) is 1. The van der Waals surface area contributed by atoms with Crippen LogP contribution in [-0.4, -0.2) is 28.5 Å². The second-order valence-corrected chi connectivity index (χ2v) is 6.46. The van der Waals surface area contributed by atoms with Gasteiger partial charge in [-0.05, 0) is 43.3 Å². The number of benzene rings is 1. The summed E-state index contributed by atoms with van der Waals surface area (Å²) in [6.45, 7) is 1.28. The van der Waals surface area contributed by atoms with Crippen LogP contribution in [0.15, 0.2) is 48.7 Å². The summed E-state index contributed by atoms with van der Waals surface area (Å²) in [7, 11) is 0. The number of nitrogens with one attached hydrogen (secondary N) is 1. The topological polar surface area (TPSA) is 105 Å². The lowest BCUT2D eigenvalue weighted by Crippen LogP contribution is -2.20. The van der Waals surface area contributed by atoms with Crippen molar-refractivity contribution in [3.8, 4) is 16.8 Å². The van der Waals surface area contributed by atoms with Crippen LogP contribution in [0, 0.1) is 18.3 Å². The Morgan fingerprint density at radius 1 is 1.22 bits per heavy atom. The van der Waals surface area contributed by atoms with E-state index < -0.39 is 18.5 Å². The fourth-order valence-corrected chi connectivity index (χ4v) is 3.14. The molecule has 27 heavy (non-hydrogen) atoms. The molecular formula is C19H14N4O3S. The van der Waals surface area contributed by atoms with E-state index >= 15 is 0 Å². The number of aromatic nitrogens is 2. The van der Waals surface area contributed by atoms with Crippen LogP contribution in [0.25, 0.3) is 10.7 Å². The highest BCUT2D eigenvalue weighted by Crippen LogP contribution is 2.26. The van der Waals surface area contributed by atoms with Crippen LogP contribution in [0.1, 0.15) is 20.9 Å². The Balaban J connectivity index is 1.59. The zero-order chi connectivity index (χ0) is 19.2. The minimum Gasteiger partial charge on any atom is -0.451 e. The third-order valence-electron chi connectivity index (χ3n) is 3.50. The molecular weight excluding hydrogens is 364 g/mol. The minimum atomic E-state index is -0.609. The number of aryl methyl sites for hydroxylation is 1. The van der Waals surface area contributed by atoms with Gasteiger partial charge in [0.05, 0.1) is 23.0 Å². The van der Waals surface area contributed by atoms with E-state index in [1.807, 2.05) is 12.1 Å². The third kappa shape index (κ3) is 4.54. The van der Waals surface area contributed by atoms with Crippen LogP contribution >= 0.6 is 11.3 Å². The first kappa shape index (κ1) is 18.2. The van der Waals surface area contributed by atoms with Gasteiger partial charge in [0, 0.05) is 11.9 Å². The van der Waals surface area contributed by atoms with Crippen molar-refractivity contribution in [3.05, 3.63) is 64.8 Å². The number of amides is 1. The molecule has 7 nitrogen and oxygen atoms in total. The van der Waals surface area contributed by atoms with E-state index in [-0.39, 0.29) is 0 Å². The third-order valence-corrected chi connectivity index (χ3v) is 4.66. The normalized spacial score (nSPS) is 10.1. The standard InChI is InChI=1S/C19H14N4O3S/c1-12-17(27-18(22-12)15-4-2-3-9-21-15)19(25)26-11-16(24)23-14-7-5-13(10-20)6-8-14/h2-9H,11H2,1H3,(H,23,24). The van der Waals surface area contributed by atoms with Crippen molar-refractivity contribution in [3.63, 3.8) is 0 Å². The molecule has 0 aliphatic rings. The Labute approximate surface area is 159 Å². The molecule has 0 saturated heterocycles. The smallest absolute Gasteiger partial charge is 0.350 e. The molecule has 0 aliphatic heterocycles. The largest absolute Gasteiger partial charge is 0.451 e. The van der Waals surface area contributed by atoms with Gasteiger partial charge >= 0.3 is 5.97 Å². The van der Waals surface area contributed by atoms with Gasteiger partial charge in [0.2, 0.25) is 0 Å². The predicted molar refractivity (Wildman–Crippen MR) is 100 cm³/mol. The number of hydrogen-bond acceptors (Lipinski definition) is 7. The summed E-state index contributed by atoms with van der Waals surface area (Å²) in [5.41, 5.74) is 2.20. The van der Waals surface area contributed by atoms with E-state index in [0.717, 1.165) is 0 Å². The van der Waals surface area contributed by atoms with Crippen LogP contribution < -0.4 is 5.32 Å². The summed E-state index contributed by atoms with van der Waals surface area (Å²) in [4.78, 5) is 33.1. The fourth-order valence-electron chi connectivity index (χ4n) is 2.21. The van der Waals surface area contributed by atoms with E-state index in [9.17, 15) is 9.59 Å². The Hall–Kier alpha value is -3.57. The SMILES string of the molecule is Cc1nc(-c2ccccn2)sc1C(=O)OCC(=O)Nc1ccc(C#N)cc1. The summed E-state index contributed by atoms with van der Waals surface area (Å²) >= 11 is 1.17. The number of thiazole rings is 1. The average molecular weight is 378 g/mol. The van der Waals surface area contributed by atoms with Gasteiger partial charge in [0.1, 0.15) is 9.88 Å². The van der Waals surface area contributed by atoms with Crippen molar-refractivity contribution in [1.29, 1.82) is 5.26 Å². The number of esters is 1. The van der Waals surface area contributed by atoms with E-state index in [0.29, 0.717) is 32.5 Å². The average Bonchev–Trinajstić information content (AvgIpc) is 3.09. The lowest BCUT2D eigenvalue weighted by Gasteiger charge is -2.06. The van der Waals surface area contributed by atoms with E-state index in [1.165, 1.54) is 11.3 Å². The molecule has 8 heteroatoms. The van der Waals surface area contributed by atoms with Gasteiger partial charge in [-0.25, -0.2) is 9.78 Å². The summed E-state index contributed by atoms with van der Waals surface area (Å²) in [5, 5.41) is 12.0. The molecule has 1 amide bonds. The van der Waals surface area contributed by atoms with Gasteiger partial charge in [-0.15, -0.1) is 11.3 Å². The Kier molecular flexibility index (Phi) is 5.54. The van der Waals surface area contributed by atoms with Crippen molar-refractivity contribution in [2.24, 2.45) is 0 Å². The van der Waals surface area contributed by atoms with Crippen LogP contribution in [0.2, 0.25) is 0 Å². The number of ether oxygens (including phenoxy) is 1. The van der Waals surface area contributed by atoms with Crippen molar-refractivity contribution in [2.75, 3.05) is 11.9 Å². The number of nitrogens with zero attached hydrogens (tertiary/aromatic N) is 3. The molecule has 0 aliphatic carbocycles. The Bertz CT molecular complexity index is 1010. The highest BCUT2D eigenvalue weighted by molar-refractivity contribution is 7.17. The first-order chi connectivity index (χ1) is 13.1. The lowest BCUT2D eigenvalue weighted by molar-refractivity contribution is -0.119. The molecule has 0 saturated carbocycles. The maximum absolute atomic E-state index is 12.3. The predicted octanol–water partition coefficient (Wildman–Crippen LogP) is 3.18. The first-order valence-corrected chi connectivity index (χ1v) is 8.74. The number of nitriles is 1. The lowest BCUT2D eigenvalue weighted by atomic mass is 10.2. The highest BCUT2D eigenvalue weighted by Gasteiger charge is 2.19. The monoisotopic (exact) mass is 378 g/mol.